The fraction of sp³-hybridized carbons (Fsp3) is 0.714. The molecule has 1 amide bonds. The van der Waals surface area contributed by atoms with Crippen LogP contribution in [0.4, 0.5) is 0 Å². The Bertz CT molecular complexity index is 378. The summed E-state index contributed by atoms with van der Waals surface area (Å²) in [5, 5.41) is 9.38. The molecule has 2 N–H and O–H groups in total. The summed E-state index contributed by atoms with van der Waals surface area (Å²) in [5.74, 6) is -1.43. The summed E-state index contributed by atoms with van der Waals surface area (Å²) in [4.78, 5) is 35.1. The molecular formula is C14H24N2O5. The smallest absolute Gasteiger partial charge is 0.328 e. The van der Waals surface area contributed by atoms with E-state index in [9.17, 15) is 14.4 Å². The van der Waals surface area contributed by atoms with Crippen LogP contribution in [0.15, 0.2) is 0 Å². The van der Waals surface area contributed by atoms with E-state index in [0.717, 1.165) is 0 Å². The van der Waals surface area contributed by atoms with Crippen molar-refractivity contribution in [2.75, 3.05) is 7.11 Å². The van der Waals surface area contributed by atoms with Gasteiger partial charge in [0.15, 0.2) is 5.78 Å². The zero-order chi connectivity index (χ0) is 16.4. The summed E-state index contributed by atoms with van der Waals surface area (Å²) in [6.07, 6.45) is 0.263. The lowest BCUT2D eigenvalue weighted by Gasteiger charge is -2.21. The van der Waals surface area contributed by atoms with E-state index in [1.54, 1.807) is 20.8 Å². The van der Waals surface area contributed by atoms with Crippen LogP contribution in [0.1, 0.15) is 40.0 Å². The molecule has 120 valence electrons. The number of esters is 1. The number of nitrogens with one attached hydrogen (secondary N) is 2. The van der Waals surface area contributed by atoms with Gasteiger partial charge in [-0.1, -0.05) is 6.92 Å². The number of methoxy groups -OCH3 is 1. The number of hydrogen-bond acceptors (Lipinski definition) is 6. The van der Waals surface area contributed by atoms with E-state index in [4.69, 9.17) is 14.9 Å². The Hall–Kier alpha value is -1.76. The van der Waals surface area contributed by atoms with Crippen LogP contribution in [0.5, 0.6) is 0 Å². The van der Waals surface area contributed by atoms with E-state index >= 15 is 0 Å². The maximum absolute atomic E-state index is 11.9. The second-order valence-electron chi connectivity index (χ2n) is 4.83. The standard InChI is InChI=1S/C14H24N2O5/c1-5-12(20-4)13(18)16-11(7-6-10(17)8-15)14(19)21-9(2)3/h8-9,11-12,15H,5-7H2,1-4H3,(H,16,18)/t11-,12-/m0/s1. The molecule has 0 aliphatic heterocycles. The Balaban J connectivity index is 4.78. The molecule has 21 heavy (non-hydrogen) atoms. The summed E-state index contributed by atoms with van der Waals surface area (Å²) in [6.45, 7) is 5.18. The van der Waals surface area contributed by atoms with Crippen LogP contribution in [0.2, 0.25) is 0 Å². The van der Waals surface area contributed by atoms with E-state index in [1.165, 1.54) is 7.11 Å². The maximum Gasteiger partial charge on any atom is 0.328 e. The van der Waals surface area contributed by atoms with Crippen molar-refractivity contribution in [2.24, 2.45) is 0 Å². The van der Waals surface area contributed by atoms with Crippen molar-refractivity contribution < 1.29 is 23.9 Å². The number of carbonyl (C=O) groups excluding carboxylic acids is 3. The van der Waals surface area contributed by atoms with Gasteiger partial charge in [0.2, 0.25) is 5.91 Å². The van der Waals surface area contributed by atoms with Crippen LogP contribution in [-0.4, -0.2) is 49.2 Å². The lowest BCUT2D eigenvalue weighted by molar-refractivity contribution is -0.152. The van der Waals surface area contributed by atoms with Crippen LogP contribution in [0.3, 0.4) is 0 Å². The zero-order valence-electron chi connectivity index (χ0n) is 13.0. The van der Waals surface area contributed by atoms with Crippen molar-refractivity contribution in [2.45, 2.75) is 58.3 Å². The SMILES string of the molecule is CC[C@H](OC)C(=O)N[C@@H](CCC(=O)C=N)C(=O)OC(C)C. The fourth-order valence-electron chi connectivity index (χ4n) is 1.65. The summed E-state index contributed by atoms with van der Waals surface area (Å²) in [5.41, 5.74) is 0. The van der Waals surface area contributed by atoms with Crippen molar-refractivity contribution in [1.82, 2.24) is 5.32 Å². The molecule has 7 heteroatoms. The highest BCUT2D eigenvalue weighted by Crippen LogP contribution is 2.05. The summed E-state index contributed by atoms with van der Waals surface area (Å²) < 4.78 is 10.1. The molecule has 0 saturated carbocycles. The quantitative estimate of drug-likeness (QED) is 0.459. The second-order valence-corrected chi connectivity index (χ2v) is 4.83. The van der Waals surface area contributed by atoms with Gasteiger partial charge in [-0.15, -0.1) is 0 Å². The first-order valence-corrected chi connectivity index (χ1v) is 6.92. The Kier molecular flexibility index (Phi) is 9.20. The van der Waals surface area contributed by atoms with Gasteiger partial charge in [-0.2, -0.15) is 0 Å². The van der Waals surface area contributed by atoms with E-state index in [0.29, 0.717) is 12.6 Å². The zero-order valence-corrected chi connectivity index (χ0v) is 13.0. The van der Waals surface area contributed by atoms with Gasteiger partial charge in [0.25, 0.3) is 0 Å². The molecule has 0 aliphatic carbocycles. The third-order valence-electron chi connectivity index (χ3n) is 2.74. The largest absolute Gasteiger partial charge is 0.461 e. The van der Waals surface area contributed by atoms with E-state index < -0.39 is 29.8 Å². The molecule has 0 rings (SSSR count). The molecule has 0 heterocycles. The minimum atomic E-state index is -0.923. The highest BCUT2D eigenvalue weighted by atomic mass is 16.5. The Labute approximate surface area is 124 Å². The predicted octanol–water partition coefficient (Wildman–Crippen LogP) is 0.847. The molecule has 0 bridgehead atoms. The van der Waals surface area contributed by atoms with E-state index in [-0.39, 0.29) is 18.9 Å². The number of Topliss-reactive ketones (excluding diaryl/α,β-unsaturated/α-hetero) is 1. The fourth-order valence-corrected chi connectivity index (χ4v) is 1.65. The molecule has 0 aromatic heterocycles. The first-order chi connectivity index (χ1) is 9.85. The Morgan fingerprint density at radius 1 is 1.29 bits per heavy atom. The van der Waals surface area contributed by atoms with E-state index in [2.05, 4.69) is 5.32 Å². The molecule has 7 nitrogen and oxygen atoms in total. The van der Waals surface area contributed by atoms with Crippen LogP contribution >= 0.6 is 0 Å². The average molecular weight is 300 g/mol. The van der Waals surface area contributed by atoms with Gasteiger partial charge in [-0.25, -0.2) is 4.79 Å². The lowest BCUT2D eigenvalue weighted by atomic mass is 10.1. The minimum absolute atomic E-state index is 0.00852. The number of ketones is 1. The van der Waals surface area contributed by atoms with Gasteiger partial charge in [-0.3, -0.25) is 9.59 Å². The highest BCUT2D eigenvalue weighted by molar-refractivity contribution is 6.26. The summed E-state index contributed by atoms with van der Waals surface area (Å²) >= 11 is 0. The minimum Gasteiger partial charge on any atom is -0.461 e. The van der Waals surface area contributed by atoms with Crippen molar-refractivity contribution in [3.8, 4) is 0 Å². The van der Waals surface area contributed by atoms with Gasteiger partial charge in [0.1, 0.15) is 12.1 Å². The Morgan fingerprint density at radius 3 is 2.33 bits per heavy atom. The van der Waals surface area contributed by atoms with Crippen LogP contribution in [-0.2, 0) is 23.9 Å². The number of rotatable bonds is 10. The molecule has 0 radical (unpaired) electrons. The van der Waals surface area contributed by atoms with Gasteiger partial charge in [-0.05, 0) is 26.7 Å². The molecular weight excluding hydrogens is 276 g/mol. The number of hydrogen-bond donors (Lipinski definition) is 2. The van der Waals surface area contributed by atoms with Crippen LogP contribution in [0.25, 0.3) is 0 Å². The average Bonchev–Trinajstić information content (AvgIpc) is 2.43. The molecule has 0 fully saturated rings. The van der Waals surface area contributed by atoms with Crippen molar-refractivity contribution in [3.63, 3.8) is 0 Å². The molecule has 0 aliphatic rings. The van der Waals surface area contributed by atoms with Gasteiger partial charge < -0.3 is 20.2 Å². The summed E-state index contributed by atoms with van der Waals surface area (Å²) in [6, 6.07) is -0.923. The number of carbonyl (C=O) groups is 3. The first kappa shape index (κ1) is 19.2. The summed E-state index contributed by atoms with van der Waals surface area (Å²) in [7, 11) is 1.41. The molecule has 0 saturated heterocycles. The van der Waals surface area contributed by atoms with Crippen molar-refractivity contribution >= 4 is 23.9 Å². The normalized spacial score (nSPS) is 13.4. The van der Waals surface area contributed by atoms with E-state index in [1.807, 2.05) is 0 Å². The third kappa shape index (κ3) is 7.55. The van der Waals surface area contributed by atoms with Crippen LogP contribution < -0.4 is 5.32 Å². The maximum atomic E-state index is 11.9. The molecule has 0 aromatic carbocycles. The lowest BCUT2D eigenvalue weighted by Crippen LogP contribution is -2.47. The second kappa shape index (κ2) is 10.0. The van der Waals surface area contributed by atoms with Crippen LogP contribution in [0, 0.1) is 5.41 Å². The van der Waals surface area contributed by atoms with Gasteiger partial charge >= 0.3 is 5.97 Å². The topological polar surface area (TPSA) is 106 Å². The highest BCUT2D eigenvalue weighted by Gasteiger charge is 2.26. The third-order valence-corrected chi connectivity index (χ3v) is 2.74. The molecule has 0 unspecified atom stereocenters. The Morgan fingerprint density at radius 2 is 1.90 bits per heavy atom. The number of amides is 1. The van der Waals surface area contributed by atoms with Crippen molar-refractivity contribution in [1.29, 1.82) is 5.41 Å². The monoisotopic (exact) mass is 300 g/mol. The molecule has 0 spiro atoms. The van der Waals surface area contributed by atoms with Gasteiger partial charge in [0.05, 0.1) is 12.3 Å². The number of ether oxygens (including phenoxy) is 2. The molecule has 0 aromatic rings. The molecule has 2 atom stereocenters. The predicted molar refractivity (Wildman–Crippen MR) is 77.3 cm³/mol. The first-order valence-electron chi connectivity index (χ1n) is 6.92. The van der Waals surface area contributed by atoms with Crippen molar-refractivity contribution in [3.05, 3.63) is 0 Å². The van der Waals surface area contributed by atoms with Gasteiger partial charge in [0, 0.05) is 13.5 Å².